The normalized spacial score (nSPS) is 17.4. The van der Waals surface area contributed by atoms with E-state index in [4.69, 9.17) is 9.47 Å². The first kappa shape index (κ1) is 17.8. The van der Waals surface area contributed by atoms with E-state index in [-0.39, 0.29) is 16.6 Å². The van der Waals surface area contributed by atoms with Crippen molar-refractivity contribution in [2.45, 2.75) is 22.5 Å². The molecule has 0 saturated carbocycles. The third-order valence-corrected chi connectivity index (χ3v) is 4.84. The van der Waals surface area contributed by atoms with Crippen LogP contribution in [0.4, 0.5) is 10.1 Å². The van der Waals surface area contributed by atoms with Crippen LogP contribution in [-0.2, 0) is 16.1 Å². The topological polar surface area (TPSA) is 81.8 Å². The summed E-state index contributed by atoms with van der Waals surface area (Å²) in [5.74, 6) is -0.693. The fraction of sp³-hybridized carbons (Fsp3) is 0.294. The smallest absolute Gasteiger partial charge is 0.277 e. The van der Waals surface area contributed by atoms with Gasteiger partial charge in [0.25, 0.3) is 5.69 Å². The van der Waals surface area contributed by atoms with E-state index in [1.807, 2.05) is 24.3 Å². The largest absolute Gasteiger partial charge is 0.391 e. The van der Waals surface area contributed by atoms with Gasteiger partial charge < -0.3 is 14.6 Å². The molecule has 1 unspecified atom stereocenters. The SMILES string of the molecule is O=[N+]([O-])c1cc(F)c(Sc2ccc(C3COCCO3)cc2)cc1CO. The van der Waals surface area contributed by atoms with Gasteiger partial charge in [-0.3, -0.25) is 10.1 Å². The lowest BCUT2D eigenvalue weighted by Gasteiger charge is -2.23. The first-order chi connectivity index (χ1) is 12.1. The molecule has 6 nitrogen and oxygen atoms in total. The van der Waals surface area contributed by atoms with Crippen LogP contribution in [-0.4, -0.2) is 29.9 Å². The van der Waals surface area contributed by atoms with Gasteiger partial charge in [-0.15, -0.1) is 0 Å². The van der Waals surface area contributed by atoms with Gasteiger partial charge in [-0.1, -0.05) is 23.9 Å². The van der Waals surface area contributed by atoms with Crippen molar-refractivity contribution < 1.29 is 23.9 Å². The summed E-state index contributed by atoms with van der Waals surface area (Å²) in [6.45, 7) is 1.13. The lowest BCUT2D eigenvalue weighted by Crippen LogP contribution is -2.21. The zero-order chi connectivity index (χ0) is 17.8. The minimum Gasteiger partial charge on any atom is -0.391 e. The Hall–Kier alpha value is -2.00. The number of benzene rings is 2. The summed E-state index contributed by atoms with van der Waals surface area (Å²) in [7, 11) is 0. The van der Waals surface area contributed by atoms with Crippen LogP contribution in [0.25, 0.3) is 0 Å². The summed E-state index contributed by atoms with van der Waals surface area (Å²) in [5.41, 5.74) is 0.636. The van der Waals surface area contributed by atoms with Gasteiger partial charge in [-0.25, -0.2) is 4.39 Å². The van der Waals surface area contributed by atoms with E-state index in [2.05, 4.69) is 0 Å². The number of hydrogen-bond acceptors (Lipinski definition) is 6. The van der Waals surface area contributed by atoms with E-state index < -0.39 is 23.0 Å². The Labute approximate surface area is 147 Å². The third-order valence-electron chi connectivity index (χ3n) is 3.80. The summed E-state index contributed by atoms with van der Waals surface area (Å²) < 4.78 is 25.1. The highest BCUT2D eigenvalue weighted by molar-refractivity contribution is 7.99. The zero-order valence-electron chi connectivity index (χ0n) is 13.2. The number of nitro benzene ring substituents is 1. The molecule has 1 aliphatic heterocycles. The summed E-state index contributed by atoms with van der Waals surface area (Å²) >= 11 is 1.14. The Kier molecular flexibility index (Phi) is 5.64. The maximum Gasteiger partial charge on any atom is 0.277 e. The monoisotopic (exact) mass is 365 g/mol. The fourth-order valence-corrected chi connectivity index (χ4v) is 3.40. The first-order valence-electron chi connectivity index (χ1n) is 7.63. The molecule has 1 fully saturated rings. The van der Waals surface area contributed by atoms with Gasteiger partial charge >= 0.3 is 0 Å². The average Bonchev–Trinajstić information content (AvgIpc) is 2.64. The Morgan fingerprint density at radius 2 is 2.04 bits per heavy atom. The molecule has 0 aliphatic carbocycles. The van der Waals surface area contributed by atoms with Gasteiger partial charge in [0.15, 0.2) is 0 Å². The predicted octanol–water partition coefficient (Wildman–Crippen LogP) is 3.47. The molecular formula is C17H16FNO5S. The Morgan fingerprint density at radius 1 is 1.28 bits per heavy atom. The highest BCUT2D eigenvalue weighted by Crippen LogP contribution is 2.34. The summed E-state index contributed by atoms with van der Waals surface area (Å²) in [5, 5.41) is 20.2. The van der Waals surface area contributed by atoms with Crippen LogP contribution in [0.1, 0.15) is 17.2 Å². The van der Waals surface area contributed by atoms with Crippen LogP contribution in [0.15, 0.2) is 46.2 Å². The van der Waals surface area contributed by atoms with Crippen LogP contribution < -0.4 is 0 Å². The number of aliphatic hydroxyl groups is 1. The maximum atomic E-state index is 14.1. The van der Waals surface area contributed by atoms with Gasteiger partial charge in [0, 0.05) is 9.79 Å². The number of nitrogens with zero attached hydrogens (tertiary/aromatic N) is 1. The van der Waals surface area contributed by atoms with Crippen LogP contribution in [0.2, 0.25) is 0 Å². The lowest BCUT2D eigenvalue weighted by atomic mass is 10.1. The lowest BCUT2D eigenvalue weighted by molar-refractivity contribution is -0.386. The summed E-state index contributed by atoms with van der Waals surface area (Å²) in [6.07, 6.45) is -0.107. The van der Waals surface area contributed by atoms with Crippen molar-refractivity contribution in [3.8, 4) is 0 Å². The molecule has 1 heterocycles. The Bertz CT molecular complexity index is 762. The van der Waals surface area contributed by atoms with Gasteiger partial charge in [0.1, 0.15) is 11.9 Å². The van der Waals surface area contributed by atoms with Crippen molar-refractivity contribution in [1.82, 2.24) is 0 Å². The van der Waals surface area contributed by atoms with Gasteiger partial charge in [-0.2, -0.15) is 0 Å². The van der Waals surface area contributed by atoms with Crippen LogP contribution in [0.5, 0.6) is 0 Å². The Balaban J connectivity index is 1.79. The summed E-state index contributed by atoms with van der Waals surface area (Å²) in [6, 6.07) is 9.59. The highest BCUT2D eigenvalue weighted by atomic mass is 32.2. The van der Waals surface area contributed by atoms with Crippen LogP contribution in [0, 0.1) is 15.9 Å². The molecule has 2 aromatic rings. The van der Waals surface area contributed by atoms with E-state index in [1.54, 1.807) is 0 Å². The van der Waals surface area contributed by atoms with Crippen LogP contribution in [0.3, 0.4) is 0 Å². The molecule has 0 aromatic heterocycles. The van der Waals surface area contributed by atoms with Crippen molar-refractivity contribution in [1.29, 1.82) is 0 Å². The van der Waals surface area contributed by atoms with E-state index in [9.17, 15) is 19.6 Å². The van der Waals surface area contributed by atoms with E-state index >= 15 is 0 Å². The molecule has 1 aliphatic rings. The molecule has 0 bridgehead atoms. The highest BCUT2D eigenvalue weighted by Gasteiger charge is 2.19. The number of aliphatic hydroxyl groups excluding tert-OH is 1. The minimum atomic E-state index is -0.704. The number of hydrogen-bond donors (Lipinski definition) is 1. The number of halogens is 1. The van der Waals surface area contributed by atoms with Crippen molar-refractivity contribution in [3.05, 3.63) is 63.5 Å². The molecule has 25 heavy (non-hydrogen) atoms. The van der Waals surface area contributed by atoms with Gasteiger partial charge in [0.2, 0.25) is 0 Å². The molecule has 3 rings (SSSR count). The molecule has 132 valence electrons. The molecule has 1 N–H and O–H groups in total. The maximum absolute atomic E-state index is 14.1. The van der Waals surface area contributed by atoms with Crippen LogP contribution >= 0.6 is 11.8 Å². The van der Waals surface area contributed by atoms with Crippen molar-refractivity contribution >= 4 is 17.4 Å². The quantitative estimate of drug-likeness (QED) is 0.645. The van der Waals surface area contributed by atoms with Gasteiger partial charge in [-0.05, 0) is 23.8 Å². The second-order valence-corrected chi connectivity index (χ2v) is 6.55. The van der Waals surface area contributed by atoms with Gasteiger partial charge in [0.05, 0.1) is 43.0 Å². The number of rotatable bonds is 5. The summed E-state index contributed by atoms with van der Waals surface area (Å²) in [4.78, 5) is 11.2. The van der Waals surface area contributed by atoms with Crippen molar-refractivity contribution in [2.24, 2.45) is 0 Å². The molecule has 0 radical (unpaired) electrons. The third kappa shape index (κ3) is 4.16. The number of nitro groups is 1. The number of ether oxygens (including phenoxy) is 2. The molecule has 8 heteroatoms. The molecule has 0 spiro atoms. The average molecular weight is 365 g/mol. The van der Waals surface area contributed by atoms with Crippen molar-refractivity contribution in [2.75, 3.05) is 19.8 Å². The van der Waals surface area contributed by atoms with E-state index in [0.29, 0.717) is 19.8 Å². The standard InChI is InChI=1S/C17H16FNO5S/c18-14-8-15(19(21)22)12(9-20)7-17(14)25-13-3-1-11(2-4-13)16-10-23-5-6-24-16/h1-4,7-8,16,20H,5-6,9-10H2. The van der Waals surface area contributed by atoms with Crippen molar-refractivity contribution in [3.63, 3.8) is 0 Å². The minimum absolute atomic E-state index is 0.0817. The Morgan fingerprint density at radius 3 is 2.64 bits per heavy atom. The molecule has 1 atom stereocenters. The first-order valence-corrected chi connectivity index (χ1v) is 8.45. The van der Waals surface area contributed by atoms with E-state index in [1.165, 1.54) is 6.07 Å². The second-order valence-electron chi connectivity index (χ2n) is 5.43. The predicted molar refractivity (Wildman–Crippen MR) is 89.1 cm³/mol. The zero-order valence-corrected chi connectivity index (χ0v) is 14.0. The molecule has 0 amide bonds. The molecule has 1 saturated heterocycles. The molecule has 2 aromatic carbocycles. The molecular weight excluding hydrogens is 349 g/mol. The fourth-order valence-electron chi connectivity index (χ4n) is 2.52. The second kappa shape index (κ2) is 7.92. The van der Waals surface area contributed by atoms with E-state index in [0.717, 1.165) is 28.3 Å².